The molecule has 0 spiro atoms. The fraction of sp³-hybridized carbons (Fsp3) is 0.240. The number of ether oxygens (including phenoxy) is 1. The van der Waals surface area contributed by atoms with Crippen molar-refractivity contribution >= 4 is 28.7 Å². The average molecular weight is 465 g/mol. The summed E-state index contributed by atoms with van der Waals surface area (Å²) in [7, 11) is 0. The molecule has 0 unspecified atom stereocenters. The van der Waals surface area contributed by atoms with Gasteiger partial charge in [-0.2, -0.15) is 4.98 Å². The highest BCUT2D eigenvalue weighted by Gasteiger charge is 2.21. The Morgan fingerprint density at radius 3 is 2.39 bits per heavy atom. The summed E-state index contributed by atoms with van der Waals surface area (Å²) >= 11 is 6.48. The van der Waals surface area contributed by atoms with Crippen LogP contribution in [0.3, 0.4) is 0 Å². The van der Waals surface area contributed by atoms with Gasteiger partial charge in [-0.3, -0.25) is 4.79 Å². The number of H-pyrrole nitrogens is 1. The SMILES string of the molecule is CC(=O)NC(C)(C)c1ccc(Oc2nc3nc(-c4ccc([C@H](C)O)cc4)c(Cl)cc3[nH]2)cc1. The predicted molar refractivity (Wildman–Crippen MR) is 128 cm³/mol. The van der Waals surface area contributed by atoms with Gasteiger partial charge in [0.05, 0.1) is 27.9 Å². The predicted octanol–water partition coefficient (Wildman–Crippen LogP) is 5.50. The number of rotatable bonds is 6. The molecule has 7 nitrogen and oxygen atoms in total. The smallest absolute Gasteiger partial charge is 0.301 e. The fourth-order valence-electron chi connectivity index (χ4n) is 3.63. The molecular formula is C25H25ClN4O3. The molecule has 0 aliphatic heterocycles. The van der Waals surface area contributed by atoms with Crippen LogP contribution in [-0.4, -0.2) is 26.0 Å². The van der Waals surface area contributed by atoms with E-state index < -0.39 is 11.6 Å². The summed E-state index contributed by atoms with van der Waals surface area (Å²) in [6, 6.07) is 16.9. The van der Waals surface area contributed by atoms with Crippen LogP contribution < -0.4 is 10.1 Å². The van der Waals surface area contributed by atoms with Crippen molar-refractivity contribution in [1.29, 1.82) is 0 Å². The van der Waals surface area contributed by atoms with E-state index in [4.69, 9.17) is 16.3 Å². The molecule has 2 aromatic carbocycles. The highest BCUT2D eigenvalue weighted by molar-refractivity contribution is 6.33. The van der Waals surface area contributed by atoms with E-state index in [2.05, 4.69) is 20.3 Å². The first-order valence-electron chi connectivity index (χ1n) is 10.5. The van der Waals surface area contributed by atoms with E-state index in [1.165, 1.54) is 6.92 Å². The van der Waals surface area contributed by atoms with E-state index in [1.54, 1.807) is 13.0 Å². The maximum Gasteiger partial charge on any atom is 0.301 e. The molecule has 2 aromatic heterocycles. The van der Waals surface area contributed by atoms with Crippen LogP contribution in [0, 0.1) is 0 Å². The van der Waals surface area contributed by atoms with E-state index in [9.17, 15) is 9.90 Å². The molecule has 1 atom stereocenters. The largest absolute Gasteiger partial charge is 0.426 e. The molecule has 0 aliphatic rings. The number of halogens is 1. The van der Waals surface area contributed by atoms with Crippen molar-refractivity contribution < 1.29 is 14.6 Å². The van der Waals surface area contributed by atoms with Gasteiger partial charge in [0.1, 0.15) is 5.75 Å². The molecule has 8 heteroatoms. The number of carbonyl (C=O) groups excluding carboxylic acids is 1. The second-order valence-corrected chi connectivity index (χ2v) is 8.87. The minimum absolute atomic E-state index is 0.0907. The van der Waals surface area contributed by atoms with Gasteiger partial charge in [0.2, 0.25) is 5.91 Å². The Morgan fingerprint density at radius 1 is 1.12 bits per heavy atom. The minimum Gasteiger partial charge on any atom is -0.426 e. The number of nitrogens with zero attached hydrogens (tertiary/aromatic N) is 2. The van der Waals surface area contributed by atoms with Crippen molar-refractivity contribution in [2.45, 2.75) is 39.3 Å². The zero-order valence-electron chi connectivity index (χ0n) is 18.8. The van der Waals surface area contributed by atoms with Gasteiger partial charge in [-0.15, -0.1) is 0 Å². The van der Waals surface area contributed by atoms with Crippen LogP contribution >= 0.6 is 11.6 Å². The number of benzene rings is 2. The highest BCUT2D eigenvalue weighted by Crippen LogP contribution is 2.31. The van der Waals surface area contributed by atoms with Crippen LogP contribution in [-0.2, 0) is 10.3 Å². The van der Waals surface area contributed by atoms with Gasteiger partial charge in [-0.1, -0.05) is 48.0 Å². The van der Waals surface area contributed by atoms with E-state index in [0.29, 0.717) is 33.6 Å². The summed E-state index contributed by atoms with van der Waals surface area (Å²) in [4.78, 5) is 23.6. The maximum atomic E-state index is 11.4. The van der Waals surface area contributed by atoms with Crippen molar-refractivity contribution in [3.05, 3.63) is 70.7 Å². The van der Waals surface area contributed by atoms with E-state index >= 15 is 0 Å². The normalized spacial score (nSPS) is 12.5. The molecule has 2 heterocycles. The number of carbonyl (C=O) groups is 1. The van der Waals surface area contributed by atoms with Crippen LogP contribution in [0.25, 0.3) is 22.4 Å². The summed E-state index contributed by atoms with van der Waals surface area (Å²) in [5.74, 6) is 0.503. The second-order valence-electron chi connectivity index (χ2n) is 8.46. The number of nitrogens with one attached hydrogen (secondary N) is 2. The molecule has 3 N–H and O–H groups in total. The maximum absolute atomic E-state index is 11.4. The number of fused-ring (bicyclic) bond motifs is 1. The number of amides is 1. The van der Waals surface area contributed by atoms with E-state index in [-0.39, 0.29) is 5.91 Å². The number of hydrogen-bond acceptors (Lipinski definition) is 5. The van der Waals surface area contributed by atoms with Crippen molar-refractivity contribution in [2.24, 2.45) is 0 Å². The first kappa shape index (κ1) is 22.8. The summed E-state index contributed by atoms with van der Waals surface area (Å²) in [5, 5.41) is 13.1. The lowest BCUT2D eigenvalue weighted by atomic mass is 9.94. The molecule has 4 rings (SSSR count). The van der Waals surface area contributed by atoms with Gasteiger partial charge in [0.15, 0.2) is 5.65 Å². The van der Waals surface area contributed by atoms with Gasteiger partial charge < -0.3 is 20.1 Å². The highest BCUT2D eigenvalue weighted by atomic mass is 35.5. The van der Waals surface area contributed by atoms with Gasteiger partial charge in [0, 0.05) is 12.5 Å². The Kier molecular flexibility index (Phi) is 6.10. The minimum atomic E-state index is -0.540. The number of aromatic amines is 1. The van der Waals surface area contributed by atoms with Crippen molar-refractivity contribution in [3.63, 3.8) is 0 Å². The molecule has 0 aliphatic carbocycles. The number of hydrogen-bond donors (Lipinski definition) is 3. The average Bonchev–Trinajstić information content (AvgIpc) is 3.13. The third-order valence-electron chi connectivity index (χ3n) is 5.35. The Bertz CT molecular complexity index is 1300. The fourth-order valence-corrected chi connectivity index (χ4v) is 3.89. The van der Waals surface area contributed by atoms with E-state index in [1.807, 2.05) is 62.4 Å². The quantitative estimate of drug-likeness (QED) is 0.350. The summed E-state index contributed by atoms with van der Waals surface area (Å²) in [5.41, 5.74) is 3.84. The van der Waals surface area contributed by atoms with E-state index in [0.717, 1.165) is 16.7 Å². The summed E-state index contributed by atoms with van der Waals surface area (Å²) < 4.78 is 5.87. The molecule has 0 bridgehead atoms. The van der Waals surface area contributed by atoms with Gasteiger partial charge in [-0.05, 0) is 50.1 Å². The first-order valence-corrected chi connectivity index (χ1v) is 10.9. The monoisotopic (exact) mass is 464 g/mol. The van der Waals surface area contributed by atoms with Gasteiger partial charge in [0.25, 0.3) is 0 Å². The topological polar surface area (TPSA) is 100 Å². The van der Waals surface area contributed by atoms with Crippen molar-refractivity contribution in [2.75, 3.05) is 0 Å². The number of imidazole rings is 1. The third-order valence-corrected chi connectivity index (χ3v) is 5.64. The molecule has 0 saturated heterocycles. The Morgan fingerprint density at radius 2 is 1.79 bits per heavy atom. The standard InChI is InChI=1S/C25H25ClN4O3/c1-14(31)16-5-7-17(8-6-16)22-20(26)13-21-23(28-22)29-24(27-21)33-19-11-9-18(10-12-19)25(3,4)30-15(2)32/h5-14,31H,1-4H3,(H,30,32)(H,27,28,29)/t14-/m0/s1. The number of pyridine rings is 1. The van der Waals surface area contributed by atoms with Gasteiger partial charge in [-0.25, -0.2) is 4.98 Å². The number of aliphatic hydroxyl groups excluding tert-OH is 1. The first-order chi connectivity index (χ1) is 15.6. The number of aliphatic hydroxyl groups is 1. The van der Waals surface area contributed by atoms with Crippen molar-refractivity contribution in [1.82, 2.24) is 20.3 Å². The molecule has 33 heavy (non-hydrogen) atoms. The third kappa shape index (κ3) is 4.99. The van der Waals surface area contributed by atoms with Crippen molar-refractivity contribution in [3.8, 4) is 23.0 Å². The Labute approximate surface area is 196 Å². The Hall–Kier alpha value is -3.42. The van der Waals surface area contributed by atoms with Crippen LogP contribution in [0.4, 0.5) is 0 Å². The van der Waals surface area contributed by atoms with Crippen LogP contribution in [0.5, 0.6) is 11.8 Å². The molecule has 170 valence electrons. The second kappa shape index (κ2) is 8.84. The lowest BCUT2D eigenvalue weighted by molar-refractivity contribution is -0.120. The zero-order chi connectivity index (χ0) is 23.8. The zero-order valence-corrected chi connectivity index (χ0v) is 19.6. The van der Waals surface area contributed by atoms with Crippen LogP contribution in [0.1, 0.15) is 44.9 Å². The molecule has 4 aromatic rings. The molecular weight excluding hydrogens is 440 g/mol. The van der Waals surface area contributed by atoms with Crippen LogP contribution in [0.2, 0.25) is 5.02 Å². The lowest BCUT2D eigenvalue weighted by Gasteiger charge is -2.26. The van der Waals surface area contributed by atoms with Crippen LogP contribution in [0.15, 0.2) is 54.6 Å². The number of aromatic nitrogens is 3. The molecule has 0 fully saturated rings. The molecule has 1 amide bonds. The Balaban J connectivity index is 1.57. The summed E-state index contributed by atoms with van der Waals surface area (Å²) in [6.45, 7) is 7.09. The molecule has 0 saturated carbocycles. The molecule has 0 radical (unpaired) electrons. The lowest BCUT2D eigenvalue weighted by Crippen LogP contribution is -2.39. The van der Waals surface area contributed by atoms with Gasteiger partial charge >= 0.3 is 6.01 Å². The summed E-state index contributed by atoms with van der Waals surface area (Å²) in [6.07, 6.45) is -0.540.